The molecule has 7 heteroatoms. The van der Waals surface area contributed by atoms with Gasteiger partial charge in [-0.25, -0.2) is 4.98 Å². The van der Waals surface area contributed by atoms with E-state index < -0.39 is 0 Å². The lowest BCUT2D eigenvalue weighted by Gasteiger charge is -2.18. The van der Waals surface area contributed by atoms with Crippen LogP contribution < -0.4 is 4.90 Å². The number of aryl methyl sites for hydroxylation is 1. The molecule has 3 nitrogen and oxygen atoms in total. The van der Waals surface area contributed by atoms with Crippen LogP contribution in [0.15, 0.2) is 21.3 Å². The Morgan fingerprint density at radius 2 is 2.14 bits per heavy atom. The number of rotatable bonds is 4. The summed E-state index contributed by atoms with van der Waals surface area (Å²) in [5.41, 5.74) is 1.25. The molecular weight excluding hydrogens is 390 g/mol. The summed E-state index contributed by atoms with van der Waals surface area (Å²) in [7, 11) is 2.03. The van der Waals surface area contributed by atoms with Gasteiger partial charge in [-0.3, -0.25) is 0 Å². The van der Waals surface area contributed by atoms with Gasteiger partial charge in [0.2, 0.25) is 5.28 Å². The van der Waals surface area contributed by atoms with Crippen LogP contribution in [-0.4, -0.2) is 17.0 Å². The highest BCUT2D eigenvalue weighted by atomic mass is 79.9. The summed E-state index contributed by atoms with van der Waals surface area (Å²) in [6, 6.07) is 4.30. The van der Waals surface area contributed by atoms with Gasteiger partial charge in [-0.2, -0.15) is 4.98 Å². The minimum atomic E-state index is 0.306. The molecule has 0 saturated heterocycles. The molecule has 0 amide bonds. The monoisotopic (exact) mass is 401 g/mol. The van der Waals surface area contributed by atoms with Crippen molar-refractivity contribution >= 4 is 66.2 Å². The number of fused-ring (bicyclic) bond motifs is 1. The highest BCUT2D eigenvalue weighted by Crippen LogP contribution is 2.33. The first-order valence-electron chi connectivity index (χ1n) is 6.47. The van der Waals surface area contributed by atoms with Gasteiger partial charge < -0.3 is 4.90 Å². The van der Waals surface area contributed by atoms with E-state index in [9.17, 15) is 0 Å². The molecule has 0 saturated carbocycles. The largest absolute Gasteiger partial charge is 0.355 e. The zero-order chi connectivity index (χ0) is 15.0. The Labute approximate surface area is 144 Å². The molecule has 0 unspecified atom stereocenters. The average molecular weight is 403 g/mol. The summed E-state index contributed by atoms with van der Waals surface area (Å²) in [6.45, 7) is 2.94. The van der Waals surface area contributed by atoms with Crippen LogP contribution in [0.5, 0.6) is 0 Å². The van der Waals surface area contributed by atoms with E-state index in [0.29, 0.717) is 5.28 Å². The fraction of sp³-hybridized carbons (Fsp3) is 0.286. The highest BCUT2D eigenvalue weighted by Gasteiger charge is 2.14. The third-order valence-corrected chi connectivity index (χ3v) is 6.04. The molecule has 3 aromatic heterocycles. The maximum absolute atomic E-state index is 6.08. The van der Waals surface area contributed by atoms with E-state index in [1.54, 1.807) is 22.7 Å². The number of halogens is 2. The summed E-state index contributed by atoms with van der Waals surface area (Å²) in [5, 5.41) is 3.53. The van der Waals surface area contributed by atoms with E-state index in [1.807, 2.05) is 7.05 Å². The number of hydrogen-bond donors (Lipinski definition) is 0. The summed E-state index contributed by atoms with van der Waals surface area (Å²) >= 11 is 13.0. The molecule has 3 rings (SSSR count). The lowest BCUT2D eigenvalue weighted by molar-refractivity contribution is 0.904. The van der Waals surface area contributed by atoms with Crippen molar-refractivity contribution in [3.8, 4) is 0 Å². The molecule has 0 spiro atoms. The van der Waals surface area contributed by atoms with Gasteiger partial charge in [-0.05, 0) is 57.0 Å². The average Bonchev–Trinajstić information content (AvgIpc) is 3.03. The Bertz CT molecular complexity index is 784. The summed E-state index contributed by atoms with van der Waals surface area (Å²) in [6.07, 6.45) is 0.999. The quantitative estimate of drug-likeness (QED) is 0.549. The molecule has 3 aromatic rings. The van der Waals surface area contributed by atoms with Gasteiger partial charge in [-0.15, -0.1) is 22.7 Å². The predicted molar refractivity (Wildman–Crippen MR) is 95.9 cm³/mol. The molecule has 21 heavy (non-hydrogen) atoms. The van der Waals surface area contributed by atoms with Gasteiger partial charge in [0.25, 0.3) is 0 Å². The lowest BCUT2D eigenvalue weighted by Crippen LogP contribution is -2.17. The van der Waals surface area contributed by atoms with Crippen molar-refractivity contribution in [2.45, 2.75) is 19.9 Å². The second-order valence-electron chi connectivity index (χ2n) is 4.72. The van der Waals surface area contributed by atoms with Crippen LogP contribution in [0, 0.1) is 0 Å². The van der Waals surface area contributed by atoms with Crippen molar-refractivity contribution in [1.82, 2.24) is 9.97 Å². The van der Waals surface area contributed by atoms with E-state index in [0.717, 1.165) is 32.8 Å². The van der Waals surface area contributed by atoms with Gasteiger partial charge in [0, 0.05) is 18.5 Å². The molecule has 110 valence electrons. The highest BCUT2D eigenvalue weighted by molar-refractivity contribution is 9.11. The van der Waals surface area contributed by atoms with Gasteiger partial charge in [0.1, 0.15) is 10.6 Å². The van der Waals surface area contributed by atoms with Gasteiger partial charge >= 0.3 is 0 Å². The van der Waals surface area contributed by atoms with Crippen molar-refractivity contribution < 1.29 is 0 Å². The minimum absolute atomic E-state index is 0.306. The van der Waals surface area contributed by atoms with Crippen LogP contribution in [0.2, 0.25) is 5.28 Å². The van der Waals surface area contributed by atoms with Crippen molar-refractivity contribution in [2.75, 3.05) is 11.9 Å². The second-order valence-corrected chi connectivity index (χ2v) is 8.46. The third-order valence-electron chi connectivity index (χ3n) is 3.15. The number of aromatic nitrogens is 2. The first-order valence-corrected chi connectivity index (χ1v) is 9.33. The van der Waals surface area contributed by atoms with Crippen molar-refractivity contribution in [1.29, 1.82) is 0 Å². The maximum Gasteiger partial charge on any atom is 0.225 e. The Morgan fingerprint density at radius 1 is 1.33 bits per heavy atom. The van der Waals surface area contributed by atoms with Crippen LogP contribution in [0.25, 0.3) is 10.2 Å². The smallest absolute Gasteiger partial charge is 0.225 e. The SMILES string of the molecule is CCc1cc2c(N(C)Cc3csc(Br)c3)nc(Cl)nc2s1. The van der Waals surface area contributed by atoms with Crippen molar-refractivity contribution in [3.05, 3.63) is 37.0 Å². The molecule has 0 fully saturated rings. The van der Waals surface area contributed by atoms with Crippen LogP contribution in [0.3, 0.4) is 0 Å². The van der Waals surface area contributed by atoms with E-state index in [4.69, 9.17) is 11.6 Å². The topological polar surface area (TPSA) is 29.0 Å². The predicted octanol–water partition coefficient (Wildman–Crippen LogP) is 5.37. The Kier molecular flexibility index (Phi) is 4.49. The fourth-order valence-corrected chi connectivity index (χ4v) is 4.55. The molecule has 0 aliphatic heterocycles. The lowest BCUT2D eigenvalue weighted by atomic mass is 10.2. The number of hydrogen-bond acceptors (Lipinski definition) is 5. The molecule has 0 N–H and O–H groups in total. The molecule has 0 aliphatic rings. The first-order chi connectivity index (χ1) is 10.1. The Morgan fingerprint density at radius 3 is 2.81 bits per heavy atom. The molecule has 0 bridgehead atoms. The van der Waals surface area contributed by atoms with E-state index in [-0.39, 0.29) is 0 Å². The van der Waals surface area contributed by atoms with Crippen molar-refractivity contribution in [2.24, 2.45) is 0 Å². The summed E-state index contributed by atoms with van der Waals surface area (Å²) in [4.78, 5) is 13.2. The van der Waals surface area contributed by atoms with E-state index in [1.165, 1.54) is 10.4 Å². The zero-order valence-corrected chi connectivity index (χ0v) is 15.5. The number of thiophene rings is 2. The number of nitrogens with zero attached hydrogens (tertiary/aromatic N) is 3. The number of anilines is 1. The Hall–Kier alpha value is -0.690. The third kappa shape index (κ3) is 3.23. The molecule has 0 aromatic carbocycles. The standard InChI is InChI=1S/C14H13BrClN3S2/c1-3-9-5-10-12(17-14(16)18-13(10)21-9)19(2)6-8-4-11(15)20-7-8/h4-5,7H,3,6H2,1-2H3. The van der Waals surface area contributed by atoms with Gasteiger partial charge in [-0.1, -0.05) is 6.92 Å². The van der Waals surface area contributed by atoms with E-state index >= 15 is 0 Å². The van der Waals surface area contributed by atoms with Crippen LogP contribution in [-0.2, 0) is 13.0 Å². The maximum atomic E-state index is 6.08. The van der Waals surface area contributed by atoms with Crippen LogP contribution in [0.4, 0.5) is 5.82 Å². The molecule has 0 radical (unpaired) electrons. The Balaban J connectivity index is 1.99. The van der Waals surface area contributed by atoms with Crippen molar-refractivity contribution in [3.63, 3.8) is 0 Å². The molecule has 3 heterocycles. The molecular formula is C14H13BrClN3S2. The minimum Gasteiger partial charge on any atom is -0.355 e. The summed E-state index contributed by atoms with van der Waals surface area (Å²) in [5.74, 6) is 0.892. The van der Waals surface area contributed by atoms with Gasteiger partial charge in [0.15, 0.2) is 0 Å². The van der Waals surface area contributed by atoms with Crippen LogP contribution >= 0.6 is 50.2 Å². The second kappa shape index (κ2) is 6.20. The normalized spacial score (nSPS) is 11.2. The van der Waals surface area contributed by atoms with Gasteiger partial charge in [0.05, 0.1) is 9.17 Å². The summed E-state index contributed by atoms with van der Waals surface area (Å²) < 4.78 is 1.14. The fourth-order valence-electron chi connectivity index (χ4n) is 2.17. The molecule has 0 aliphatic carbocycles. The van der Waals surface area contributed by atoms with E-state index in [2.05, 4.69) is 55.2 Å². The first kappa shape index (κ1) is 15.2. The zero-order valence-electron chi connectivity index (χ0n) is 11.6. The van der Waals surface area contributed by atoms with Crippen LogP contribution in [0.1, 0.15) is 17.4 Å². The molecule has 0 atom stereocenters.